The normalized spacial score (nSPS) is 39.3. The Bertz CT molecular complexity index is 405. The van der Waals surface area contributed by atoms with Gasteiger partial charge in [0.25, 0.3) is 0 Å². The topological polar surface area (TPSA) is 0 Å². The van der Waals surface area contributed by atoms with Gasteiger partial charge in [0.15, 0.2) is 0 Å². The van der Waals surface area contributed by atoms with Crippen molar-refractivity contribution in [1.82, 2.24) is 0 Å². The molecule has 0 spiro atoms. The smallest absolute Gasteiger partial charge is 0.0224 e. The fourth-order valence-electron chi connectivity index (χ4n) is 5.45. The molecular formula is C18H24. The van der Waals surface area contributed by atoms with Crippen LogP contribution in [0, 0.1) is 29.1 Å². The van der Waals surface area contributed by atoms with Crippen molar-refractivity contribution in [2.45, 2.75) is 32.1 Å². The zero-order valence-electron chi connectivity index (χ0n) is 11.3. The highest BCUT2D eigenvalue weighted by molar-refractivity contribution is 5.42. The summed E-state index contributed by atoms with van der Waals surface area (Å²) in [5.41, 5.74) is 2.47. The second kappa shape index (κ2) is 3.98. The van der Waals surface area contributed by atoms with Gasteiger partial charge in [-0.3, -0.25) is 0 Å². The van der Waals surface area contributed by atoms with Crippen molar-refractivity contribution in [2.75, 3.05) is 0 Å². The van der Waals surface area contributed by atoms with Gasteiger partial charge in [-0.1, -0.05) is 44.9 Å². The minimum Gasteiger partial charge on any atom is -0.0988 e. The number of hydrogen-bond donors (Lipinski definition) is 0. The van der Waals surface area contributed by atoms with E-state index in [9.17, 15) is 0 Å². The Morgan fingerprint density at radius 1 is 1.00 bits per heavy atom. The summed E-state index contributed by atoms with van der Waals surface area (Å²) >= 11 is 0. The first kappa shape index (κ1) is 12.0. The van der Waals surface area contributed by atoms with E-state index in [0.29, 0.717) is 0 Å². The first-order valence-corrected chi connectivity index (χ1v) is 7.28. The Hall–Kier alpha value is -1.04. The molecular weight excluding hydrogens is 216 g/mol. The minimum atomic E-state index is 0.0969. The summed E-state index contributed by atoms with van der Waals surface area (Å²) < 4.78 is 0. The van der Waals surface area contributed by atoms with Crippen LogP contribution in [0.1, 0.15) is 32.1 Å². The van der Waals surface area contributed by atoms with Crippen molar-refractivity contribution in [1.29, 1.82) is 0 Å². The van der Waals surface area contributed by atoms with E-state index >= 15 is 0 Å². The lowest BCUT2D eigenvalue weighted by molar-refractivity contribution is 0.154. The van der Waals surface area contributed by atoms with Gasteiger partial charge in [-0.2, -0.15) is 0 Å². The first-order chi connectivity index (χ1) is 8.65. The van der Waals surface area contributed by atoms with Crippen molar-refractivity contribution in [3.8, 4) is 0 Å². The average molecular weight is 240 g/mol. The number of allylic oxidation sites excluding steroid dienone is 4. The summed E-state index contributed by atoms with van der Waals surface area (Å²) in [6, 6.07) is 0. The molecule has 3 aliphatic carbocycles. The quantitative estimate of drug-likeness (QED) is 0.612. The van der Waals surface area contributed by atoms with Gasteiger partial charge in [0.2, 0.25) is 0 Å². The highest BCUT2D eigenvalue weighted by Crippen LogP contribution is 2.69. The summed E-state index contributed by atoms with van der Waals surface area (Å²) in [6.45, 7) is 16.5. The predicted octanol–water partition coefficient (Wildman–Crippen LogP) is 4.91. The average Bonchev–Trinajstić information content (AvgIpc) is 3.06. The molecule has 4 unspecified atom stereocenters. The van der Waals surface area contributed by atoms with Gasteiger partial charge in [0, 0.05) is 5.41 Å². The standard InChI is InChI=1S/C18H24/c1-5-12(3)18(13(4)6-2)11-14-10-17(18)16-9-7-8-15(14)16/h5-6,14-17H,1-4,7-11H2. The van der Waals surface area contributed by atoms with Crippen molar-refractivity contribution >= 4 is 0 Å². The Balaban J connectivity index is 2.03. The number of rotatable bonds is 4. The van der Waals surface area contributed by atoms with E-state index < -0.39 is 0 Å². The summed E-state index contributed by atoms with van der Waals surface area (Å²) in [4.78, 5) is 0. The molecule has 0 aromatic heterocycles. The van der Waals surface area contributed by atoms with Crippen LogP contribution in [-0.2, 0) is 0 Å². The molecule has 0 aromatic rings. The Labute approximate surface area is 111 Å². The SMILES string of the molecule is C=CC(=C)C1(C(=C)C=C)CC2CC1C1CCCC21. The first-order valence-electron chi connectivity index (χ1n) is 7.28. The van der Waals surface area contributed by atoms with E-state index in [-0.39, 0.29) is 5.41 Å². The van der Waals surface area contributed by atoms with Crippen LogP contribution in [0.5, 0.6) is 0 Å². The van der Waals surface area contributed by atoms with Gasteiger partial charge in [-0.25, -0.2) is 0 Å². The van der Waals surface area contributed by atoms with Crippen LogP contribution < -0.4 is 0 Å². The third-order valence-electron chi connectivity index (χ3n) is 6.16. The summed E-state index contributed by atoms with van der Waals surface area (Å²) in [5.74, 6) is 3.57. The zero-order valence-corrected chi connectivity index (χ0v) is 11.3. The molecule has 0 radical (unpaired) electrons. The lowest BCUT2D eigenvalue weighted by Crippen LogP contribution is -2.37. The Morgan fingerprint density at radius 2 is 1.61 bits per heavy atom. The molecule has 96 valence electrons. The zero-order chi connectivity index (χ0) is 12.9. The van der Waals surface area contributed by atoms with Crippen molar-refractivity contribution < 1.29 is 0 Å². The van der Waals surface area contributed by atoms with Crippen LogP contribution in [0.25, 0.3) is 0 Å². The van der Waals surface area contributed by atoms with Crippen LogP contribution in [0.2, 0.25) is 0 Å². The highest BCUT2D eigenvalue weighted by Gasteiger charge is 2.61. The predicted molar refractivity (Wildman–Crippen MR) is 78.2 cm³/mol. The lowest BCUT2D eigenvalue weighted by Gasteiger charge is -2.44. The van der Waals surface area contributed by atoms with E-state index in [0.717, 1.165) is 23.7 Å². The molecule has 0 aliphatic heterocycles. The Morgan fingerprint density at radius 3 is 2.22 bits per heavy atom. The fourth-order valence-corrected chi connectivity index (χ4v) is 5.45. The van der Waals surface area contributed by atoms with E-state index in [1.807, 2.05) is 12.2 Å². The van der Waals surface area contributed by atoms with E-state index in [1.54, 1.807) is 0 Å². The van der Waals surface area contributed by atoms with Crippen molar-refractivity contribution in [3.05, 3.63) is 49.6 Å². The molecule has 3 rings (SSSR count). The number of hydrogen-bond acceptors (Lipinski definition) is 0. The monoisotopic (exact) mass is 240 g/mol. The minimum absolute atomic E-state index is 0.0969. The molecule has 4 atom stereocenters. The molecule has 0 saturated heterocycles. The largest absolute Gasteiger partial charge is 0.0988 e. The van der Waals surface area contributed by atoms with Crippen LogP contribution in [0.4, 0.5) is 0 Å². The van der Waals surface area contributed by atoms with Gasteiger partial charge in [-0.05, 0) is 60.5 Å². The van der Waals surface area contributed by atoms with Gasteiger partial charge < -0.3 is 0 Å². The molecule has 2 bridgehead atoms. The van der Waals surface area contributed by atoms with Gasteiger partial charge in [0.1, 0.15) is 0 Å². The second-order valence-electron chi connectivity index (χ2n) is 6.50. The molecule has 0 heteroatoms. The van der Waals surface area contributed by atoms with Gasteiger partial charge in [0.05, 0.1) is 0 Å². The van der Waals surface area contributed by atoms with Crippen LogP contribution in [0.3, 0.4) is 0 Å². The fraction of sp³-hybridized carbons (Fsp3) is 0.556. The second-order valence-corrected chi connectivity index (χ2v) is 6.50. The van der Waals surface area contributed by atoms with Crippen LogP contribution in [0.15, 0.2) is 49.6 Å². The molecule has 0 nitrogen and oxygen atoms in total. The molecule has 0 aromatic carbocycles. The van der Waals surface area contributed by atoms with Crippen LogP contribution in [-0.4, -0.2) is 0 Å². The molecule has 0 heterocycles. The maximum absolute atomic E-state index is 4.30. The third-order valence-corrected chi connectivity index (χ3v) is 6.16. The Kier molecular flexibility index (Phi) is 2.66. The number of fused-ring (bicyclic) bond motifs is 5. The summed E-state index contributed by atoms with van der Waals surface area (Å²) in [7, 11) is 0. The maximum Gasteiger partial charge on any atom is 0.0224 e. The van der Waals surface area contributed by atoms with Crippen LogP contribution >= 0.6 is 0 Å². The van der Waals surface area contributed by atoms with Gasteiger partial charge >= 0.3 is 0 Å². The molecule has 18 heavy (non-hydrogen) atoms. The van der Waals surface area contributed by atoms with Gasteiger partial charge in [-0.15, -0.1) is 0 Å². The maximum atomic E-state index is 4.30. The van der Waals surface area contributed by atoms with E-state index in [2.05, 4.69) is 26.3 Å². The molecule has 0 N–H and O–H groups in total. The molecule has 3 saturated carbocycles. The molecule has 3 fully saturated rings. The summed E-state index contributed by atoms with van der Waals surface area (Å²) in [5, 5.41) is 0. The van der Waals surface area contributed by atoms with Crippen molar-refractivity contribution in [2.24, 2.45) is 29.1 Å². The summed E-state index contributed by atoms with van der Waals surface area (Å²) in [6.07, 6.45) is 10.9. The molecule has 3 aliphatic rings. The highest BCUT2D eigenvalue weighted by atomic mass is 14.6. The third kappa shape index (κ3) is 1.27. The molecule has 0 amide bonds. The van der Waals surface area contributed by atoms with E-state index in [4.69, 9.17) is 0 Å². The van der Waals surface area contributed by atoms with E-state index in [1.165, 1.54) is 43.3 Å². The lowest BCUT2D eigenvalue weighted by atomic mass is 9.59. The van der Waals surface area contributed by atoms with Crippen molar-refractivity contribution in [3.63, 3.8) is 0 Å².